The fourth-order valence-corrected chi connectivity index (χ4v) is 3.75. The van der Waals surface area contributed by atoms with E-state index in [1.807, 2.05) is 6.07 Å². The molecule has 0 saturated carbocycles. The average molecular weight is 316 g/mol. The van der Waals surface area contributed by atoms with E-state index >= 15 is 0 Å². The van der Waals surface area contributed by atoms with E-state index < -0.39 is 0 Å². The number of hydrogen-bond acceptors (Lipinski definition) is 3. The van der Waals surface area contributed by atoms with Crippen LogP contribution in [0.1, 0.15) is 19.8 Å². The number of amides is 1. The van der Waals surface area contributed by atoms with Crippen molar-refractivity contribution in [1.82, 2.24) is 4.90 Å². The van der Waals surface area contributed by atoms with Crippen LogP contribution < -0.4 is 4.90 Å². The maximum atomic E-state index is 13.5. The zero-order valence-electron chi connectivity index (χ0n) is 13.5. The molecule has 23 heavy (non-hydrogen) atoms. The molecule has 0 N–H and O–H groups in total. The number of rotatable bonds is 2. The summed E-state index contributed by atoms with van der Waals surface area (Å²) in [5.41, 5.74) is 0.727. The minimum Gasteiger partial charge on any atom is -0.377 e. The van der Waals surface area contributed by atoms with Crippen molar-refractivity contribution in [3.63, 3.8) is 0 Å². The average Bonchev–Trinajstić information content (AvgIpc) is 2.55. The van der Waals surface area contributed by atoms with Crippen LogP contribution in [0, 0.1) is 17.7 Å². The van der Waals surface area contributed by atoms with Gasteiger partial charge in [-0.05, 0) is 43.9 Å². The van der Waals surface area contributed by atoms with Crippen LogP contribution in [0.3, 0.4) is 0 Å². The van der Waals surface area contributed by atoms with Crippen LogP contribution in [-0.2, 0) is 9.53 Å². The van der Waals surface area contributed by atoms with E-state index in [1.54, 1.807) is 31.1 Å². The molecule has 4 nitrogen and oxygen atoms in total. The lowest BCUT2D eigenvalue weighted by Crippen LogP contribution is -2.74. The first-order valence-corrected chi connectivity index (χ1v) is 7.88. The monoisotopic (exact) mass is 316 g/mol. The summed E-state index contributed by atoms with van der Waals surface area (Å²) in [6, 6.07) is 6.67. The molecule has 0 aliphatic carbocycles. The van der Waals surface area contributed by atoms with E-state index in [4.69, 9.17) is 4.74 Å². The van der Waals surface area contributed by atoms with Gasteiger partial charge in [0.2, 0.25) is 0 Å². The van der Waals surface area contributed by atoms with Crippen LogP contribution in [0.5, 0.6) is 0 Å². The zero-order valence-corrected chi connectivity index (χ0v) is 13.5. The highest BCUT2D eigenvalue weighted by atomic mass is 19.1. The SMILES string of the molecule is CC#CC(=O)N1CCC2(CC1)C(OC)CN2c1cccc(F)c1. The Labute approximate surface area is 136 Å². The highest BCUT2D eigenvalue weighted by Gasteiger charge is 2.55. The molecule has 2 aliphatic rings. The fraction of sp³-hybridized carbons (Fsp3) is 0.500. The third-order valence-corrected chi connectivity index (χ3v) is 5.04. The van der Waals surface area contributed by atoms with Gasteiger partial charge in [0.25, 0.3) is 5.91 Å². The Bertz CT molecular complexity index is 656. The van der Waals surface area contributed by atoms with Gasteiger partial charge >= 0.3 is 0 Å². The van der Waals surface area contributed by atoms with Gasteiger partial charge in [-0.1, -0.05) is 12.0 Å². The molecule has 1 amide bonds. The summed E-state index contributed by atoms with van der Waals surface area (Å²) in [6.07, 6.45) is 1.72. The minimum absolute atomic E-state index is 0.111. The van der Waals surface area contributed by atoms with Crippen LogP contribution in [0.25, 0.3) is 0 Å². The van der Waals surface area contributed by atoms with E-state index in [1.165, 1.54) is 6.07 Å². The van der Waals surface area contributed by atoms with Gasteiger partial charge in [0.05, 0.1) is 11.6 Å². The van der Waals surface area contributed by atoms with Crippen molar-refractivity contribution in [2.45, 2.75) is 31.4 Å². The number of halogens is 1. The Morgan fingerprint density at radius 3 is 2.74 bits per heavy atom. The largest absolute Gasteiger partial charge is 0.377 e. The number of ether oxygens (including phenoxy) is 1. The van der Waals surface area contributed by atoms with E-state index in [9.17, 15) is 9.18 Å². The second-order valence-electron chi connectivity index (χ2n) is 6.09. The summed E-state index contributed by atoms with van der Waals surface area (Å²) in [7, 11) is 1.72. The third-order valence-electron chi connectivity index (χ3n) is 5.04. The maximum Gasteiger partial charge on any atom is 0.298 e. The number of piperidine rings is 1. The number of benzene rings is 1. The molecule has 122 valence electrons. The number of hydrogen-bond donors (Lipinski definition) is 0. The maximum absolute atomic E-state index is 13.5. The number of carbonyl (C=O) groups is 1. The Hall–Kier alpha value is -2.06. The Balaban J connectivity index is 1.78. The molecule has 2 heterocycles. The fourth-order valence-electron chi connectivity index (χ4n) is 3.75. The highest BCUT2D eigenvalue weighted by molar-refractivity contribution is 5.93. The molecule has 1 spiro atoms. The third kappa shape index (κ3) is 2.68. The molecule has 1 atom stereocenters. The van der Waals surface area contributed by atoms with Crippen LogP contribution in [0.15, 0.2) is 24.3 Å². The van der Waals surface area contributed by atoms with Crippen LogP contribution in [0.2, 0.25) is 0 Å². The van der Waals surface area contributed by atoms with Crippen molar-refractivity contribution in [1.29, 1.82) is 0 Å². The molecule has 3 rings (SSSR count). The van der Waals surface area contributed by atoms with E-state index in [-0.39, 0.29) is 23.4 Å². The number of methoxy groups -OCH3 is 1. The summed E-state index contributed by atoms with van der Waals surface area (Å²) in [5.74, 6) is 4.90. The quantitative estimate of drug-likeness (QED) is 0.783. The van der Waals surface area contributed by atoms with Crippen LogP contribution >= 0.6 is 0 Å². The van der Waals surface area contributed by atoms with Crippen molar-refractivity contribution in [3.05, 3.63) is 30.1 Å². The first-order chi connectivity index (χ1) is 11.1. The predicted octanol–water partition coefficient (Wildman–Crippen LogP) is 2.05. The van der Waals surface area contributed by atoms with Gasteiger partial charge in [-0.3, -0.25) is 4.79 Å². The molecule has 1 aromatic carbocycles. The second kappa shape index (κ2) is 6.21. The lowest BCUT2D eigenvalue weighted by atomic mass is 9.73. The summed E-state index contributed by atoms with van der Waals surface area (Å²) < 4.78 is 19.2. The van der Waals surface area contributed by atoms with Gasteiger partial charge in [0.1, 0.15) is 5.82 Å². The van der Waals surface area contributed by atoms with E-state index in [0.29, 0.717) is 13.1 Å². The van der Waals surface area contributed by atoms with Crippen LogP contribution in [-0.4, -0.2) is 49.2 Å². The Kier molecular flexibility index (Phi) is 4.27. The Morgan fingerprint density at radius 2 is 2.13 bits per heavy atom. The first kappa shape index (κ1) is 15.8. The predicted molar refractivity (Wildman–Crippen MR) is 86.5 cm³/mol. The number of nitrogens with zero attached hydrogens (tertiary/aromatic N) is 2. The number of carbonyl (C=O) groups excluding carboxylic acids is 1. The molecule has 5 heteroatoms. The smallest absolute Gasteiger partial charge is 0.298 e. The molecule has 2 saturated heterocycles. The van der Waals surface area contributed by atoms with Gasteiger partial charge in [-0.15, -0.1) is 0 Å². The minimum atomic E-state index is -0.232. The standard InChI is InChI=1S/C18H21FN2O2/c1-3-5-17(22)20-10-8-18(9-11-20)16(23-2)13-21(18)15-7-4-6-14(19)12-15/h4,6-7,12,16H,8-11,13H2,1-2H3. The van der Waals surface area contributed by atoms with Gasteiger partial charge in [-0.25, -0.2) is 4.39 Å². The topological polar surface area (TPSA) is 32.8 Å². The van der Waals surface area contributed by atoms with Crippen molar-refractivity contribution in [3.8, 4) is 11.8 Å². The van der Waals surface area contributed by atoms with E-state index in [0.717, 1.165) is 25.1 Å². The molecule has 0 aromatic heterocycles. The normalized spacial score (nSPS) is 22.3. The summed E-state index contributed by atoms with van der Waals surface area (Å²) in [4.78, 5) is 15.9. The molecule has 1 unspecified atom stereocenters. The summed E-state index contributed by atoms with van der Waals surface area (Å²) in [6.45, 7) is 3.73. The molecular formula is C18H21FN2O2. The van der Waals surface area contributed by atoms with Gasteiger partial charge < -0.3 is 14.5 Å². The lowest BCUT2D eigenvalue weighted by Gasteiger charge is -2.61. The molecule has 0 radical (unpaired) electrons. The van der Waals surface area contributed by atoms with Gasteiger partial charge in [0.15, 0.2) is 0 Å². The number of likely N-dealkylation sites (tertiary alicyclic amines) is 1. The zero-order chi connectivity index (χ0) is 16.4. The van der Waals surface area contributed by atoms with Gasteiger partial charge in [0, 0.05) is 32.4 Å². The van der Waals surface area contributed by atoms with Crippen molar-refractivity contribution < 1.29 is 13.9 Å². The molecular weight excluding hydrogens is 295 g/mol. The first-order valence-electron chi connectivity index (χ1n) is 7.88. The van der Waals surface area contributed by atoms with Crippen molar-refractivity contribution >= 4 is 11.6 Å². The van der Waals surface area contributed by atoms with Crippen LogP contribution in [0.4, 0.5) is 10.1 Å². The van der Waals surface area contributed by atoms with Gasteiger partial charge in [-0.2, -0.15) is 0 Å². The summed E-state index contributed by atoms with van der Waals surface area (Å²) >= 11 is 0. The van der Waals surface area contributed by atoms with Crippen molar-refractivity contribution in [2.75, 3.05) is 31.6 Å². The second-order valence-corrected chi connectivity index (χ2v) is 6.09. The Morgan fingerprint density at radius 1 is 1.39 bits per heavy atom. The number of anilines is 1. The molecule has 1 aromatic rings. The molecule has 2 aliphatic heterocycles. The highest BCUT2D eigenvalue weighted by Crippen LogP contribution is 2.44. The van der Waals surface area contributed by atoms with E-state index in [2.05, 4.69) is 16.7 Å². The molecule has 0 bridgehead atoms. The summed E-state index contributed by atoms with van der Waals surface area (Å²) in [5, 5.41) is 0. The lowest BCUT2D eigenvalue weighted by molar-refractivity contribution is -0.129. The molecule has 2 fully saturated rings. The van der Waals surface area contributed by atoms with Crippen molar-refractivity contribution in [2.24, 2.45) is 0 Å².